The highest BCUT2D eigenvalue weighted by atomic mass is 15.1. The third-order valence-electron chi connectivity index (χ3n) is 8.27. The maximum absolute atomic E-state index is 4.04. The Bertz CT molecular complexity index is 2060. The Kier molecular flexibility index (Phi) is 7.60. The molecule has 0 amide bonds. The summed E-state index contributed by atoms with van der Waals surface area (Å²) in [5, 5.41) is 7.65. The summed E-state index contributed by atoms with van der Waals surface area (Å²) in [7, 11) is 0. The van der Waals surface area contributed by atoms with Crippen molar-refractivity contribution in [1.29, 1.82) is 0 Å². The zero-order valence-electron chi connectivity index (χ0n) is 24.6. The molecule has 0 saturated carbocycles. The summed E-state index contributed by atoms with van der Waals surface area (Å²) in [6.45, 7) is 4.04. The molecule has 0 unspecified atom stereocenters. The van der Waals surface area contributed by atoms with Crippen LogP contribution in [0.25, 0.3) is 43.4 Å². The Hall–Kier alpha value is -5.66. The first-order valence-electron chi connectivity index (χ1n) is 15.1. The second-order valence-corrected chi connectivity index (χ2v) is 10.9. The van der Waals surface area contributed by atoms with E-state index in [9.17, 15) is 0 Å². The lowest BCUT2D eigenvalue weighted by molar-refractivity contribution is 1.20. The van der Waals surface area contributed by atoms with E-state index < -0.39 is 0 Å². The number of hydrogen-bond donors (Lipinski definition) is 0. The summed E-state index contributed by atoms with van der Waals surface area (Å²) < 4.78 is 0. The van der Waals surface area contributed by atoms with E-state index >= 15 is 0 Å². The number of anilines is 2. The lowest BCUT2D eigenvalue weighted by Gasteiger charge is -2.26. The van der Waals surface area contributed by atoms with Gasteiger partial charge in [-0.25, -0.2) is 0 Å². The maximum atomic E-state index is 4.04. The normalized spacial score (nSPS) is 11.9. The topological polar surface area (TPSA) is 3.24 Å². The van der Waals surface area contributed by atoms with Crippen LogP contribution in [0.2, 0.25) is 0 Å². The SMILES string of the molecule is C=C/C=C(\C=C/Cc1c2ccccc2c(-c2ccc3ccccc3c2)c2ccccc12)N(c1ccccc1)c1ccccc1. The molecule has 1 heteroatoms. The molecule has 0 saturated heterocycles. The molecule has 0 fully saturated rings. The fraction of sp³-hybridized carbons (Fsp3) is 0.0233. The van der Waals surface area contributed by atoms with Gasteiger partial charge in [-0.1, -0.05) is 140 Å². The van der Waals surface area contributed by atoms with E-state index in [2.05, 4.69) is 181 Å². The predicted octanol–water partition coefficient (Wildman–Crippen LogP) is 11.8. The monoisotopic (exact) mass is 563 g/mol. The van der Waals surface area contributed by atoms with Crippen LogP contribution in [0.15, 0.2) is 188 Å². The highest BCUT2D eigenvalue weighted by Gasteiger charge is 2.16. The van der Waals surface area contributed by atoms with Crippen molar-refractivity contribution in [2.24, 2.45) is 0 Å². The Morgan fingerprint density at radius 3 is 1.66 bits per heavy atom. The van der Waals surface area contributed by atoms with Gasteiger partial charge in [0, 0.05) is 17.1 Å². The van der Waals surface area contributed by atoms with Gasteiger partial charge in [0.1, 0.15) is 0 Å². The zero-order chi connectivity index (χ0) is 29.7. The van der Waals surface area contributed by atoms with E-state index in [4.69, 9.17) is 0 Å². The van der Waals surface area contributed by atoms with E-state index in [-0.39, 0.29) is 0 Å². The highest BCUT2D eigenvalue weighted by Crippen LogP contribution is 2.40. The van der Waals surface area contributed by atoms with Crippen LogP contribution >= 0.6 is 0 Å². The van der Waals surface area contributed by atoms with Crippen LogP contribution in [-0.4, -0.2) is 0 Å². The highest BCUT2D eigenvalue weighted by molar-refractivity contribution is 6.15. The molecule has 1 nitrogen and oxygen atoms in total. The first-order valence-corrected chi connectivity index (χ1v) is 15.1. The van der Waals surface area contributed by atoms with Crippen molar-refractivity contribution in [3.05, 3.63) is 194 Å². The summed E-state index contributed by atoms with van der Waals surface area (Å²) in [5.74, 6) is 0. The molecule has 0 radical (unpaired) electrons. The average molecular weight is 564 g/mol. The first kappa shape index (κ1) is 27.2. The Labute approximate surface area is 259 Å². The molecular weight excluding hydrogens is 530 g/mol. The molecule has 7 aromatic rings. The summed E-state index contributed by atoms with van der Waals surface area (Å²) in [6.07, 6.45) is 9.25. The number of para-hydroxylation sites is 2. The van der Waals surface area contributed by atoms with Crippen molar-refractivity contribution in [3.8, 4) is 11.1 Å². The van der Waals surface area contributed by atoms with Gasteiger partial charge in [0.2, 0.25) is 0 Å². The van der Waals surface area contributed by atoms with Crippen LogP contribution in [0.4, 0.5) is 11.4 Å². The Balaban J connectivity index is 1.34. The number of fused-ring (bicyclic) bond motifs is 3. The van der Waals surface area contributed by atoms with Crippen molar-refractivity contribution in [2.45, 2.75) is 6.42 Å². The van der Waals surface area contributed by atoms with E-state index in [1.165, 1.54) is 49.0 Å². The van der Waals surface area contributed by atoms with Gasteiger partial charge in [0.05, 0.1) is 0 Å². The average Bonchev–Trinajstić information content (AvgIpc) is 3.09. The molecule has 0 atom stereocenters. The van der Waals surface area contributed by atoms with Gasteiger partial charge in [-0.05, 0) is 97.9 Å². The second kappa shape index (κ2) is 12.3. The van der Waals surface area contributed by atoms with Crippen LogP contribution in [0, 0.1) is 0 Å². The van der Waals surface area contributed by atoms with Crippen LogP contribution in [0.5, 0.6) is 0 Å². The van der Waals surface area contributed by atoms with Gasteiger partial charge < -0.3 is 4.90 Å². The Morgan fingerprint density at radius 2 is 1.07 bits per heavy atom. The molecule has 0 aliphatic carbocycles. The van der Waals surface area contributed by atoms with Crippen LogP contribution in [0.3, 0.4) is 0 Å². The minimum Gasteiger partial charge on any atom is -0.311 e. The van der Waals surface area contributed by atoms with E-state index in [1.807, 2.05) is 6.08 Å². The minimum absolute atomic E-state index is 0.797. The molecule has 44 heavy (non-hydrogen) atoms. The molecule has 0 aliphatic rings. The maximum Gasteiger partial charge on any atom is 0.0461 e. The number of rotatable bonds is 8. The van der Waals surface area contributed by atoms with Gasteiger partial charge in [-0.2, -0.15) is 0 Å². The molecule has 0 aliphatic heterocycles. The molecule has 7 rings (SSSR count). The van der Waals surface area contributed by atoms with Crippen molar-refractivity contribution in [1.82, 2.24) is 0 Å². The van der Waals surface area contributed by atoms with Crippen LogP contribution < -0.4 is 4.90 Å². The lowest BCUT2D eigenvalue weighted by atomic mass is 9.87. The fourth-order valence-corrected chi connectivity index (χ4v) is 6.32. The van der Waals surface area contributed by atoms with E-state index in [0.29, 0.717) is 0 Å². The molecule has 210 valence electrons. The van der Waals surface area contributed by atoms with Gasteiger partial charge in [-0.15, -0.1) is 0 Å². The van der Waals surface area contributed by atoms with Gasteiger partial charge >= 0.3 is 0 Å². The molecule has 0 aromatic heterocycles. The summed E-state index contributed by atoms with van der Waals surface area (Å²) >= 11 is 0. The van der Waals surface area contributed by atoms with Crippen LogP contribution in [-0.2, 0) is 6.42 Å². The quantitative estimate of drug-likeness (QED) is 0.131. The lowest BCUT2D eigenvalue weighted by Crippen LogP contribution is -2.15. The molecule has 0 N–H and O–H groups in total. The van der Waals surface area contributed by atoms with Gasteiger partial charge in [0.15, 0.2) is 0 Å². The van der Waals surface area contributed by atoms with E-state index in [1.54, 1.807) is 0 Å². The third kappa shape index (κ3) is 5.21. The van der Waals surface area contributed by atoms with E-state index in [0.717, 1.165) is 23.5 Å². The van der Waals surface area contributed by atoms with Crippen molar-refractivity contribution < 1.29 is 0 Å². The fourth-order valence-electron chi connectivity index (χ4n) is 6.32. The second-order valence-electron chi connectivity index (χ2n) is 10.9. The summed E-state index contributed by atoms with van der Waals surface area (Å²) in [5.41, 5.74) is 7.14. The molecule has 0 heterocycles. The number of allylic oxidation sites excluding steroid dienone is 4. The molecular formula is C43H33N. The smallest absolute Gasteiger partial charge is 0.0461 e. The van der Waals surface area contributed by atoms with Crippen LogP contribution in [0.1, 0.15) is 5.56 Å². The van der Waals surface area contributed by atoms with Crippen molar-refractivity contribution in [3.63, 3.8) is 0 Å². The number of hydrogen-bond acceptors (Lipinski definition) is 1. The van der Waals surface area contributed by atoms with Crippen molar-refractivity contribution in [2.75, 3.05) is 4.90 Å². The molecule has 0 bridgehead atoms. The number of benzene rings is 7. The molecule has 0 spiro atoms. The summed E-state index contributed by atoms with van der Waals surface area (Å²) in [4.78, 5) is 2.28. The Morgan fingerprint density at radius 1 is 0.545 bits per heavy atom. The largest absolute Gasteiger partial charge is 0.311 e. The zero-order valence-corrected chi connectivity index (χ0v) is 24.6. The van der Waals surface area contributed by atoms with Crippen molar-refractivity contribution >= 4 is 43.7 Å². The predicted molar refractivity (Wildman–Crippen MR) is 191 cm³/mol. The minimum atomic E-state index is 0.797. The summed E-state index contributed by atoms with van der Waals surface area (Å²) in [6, 6.07) is 54.1. The molecule has 7 aromatic carbocycles. The number of nitrogens with zero attached hydrogens (tertiary/aromatic N) is 1. The van der Waals surface area contributed by atoms with Gasteiger partial charge in [0.25, 0.3) is 0 Å². The third-order valence-corrected chi connectivity index (χ3v) is 8.27. The standard InChI is InChI=1S/C43H33N/c1-2-16-35(44(36-19-5-3-6-20-36)37-21-7-4-8-22-37)23-15-28-38-39-24-11-13-26-41(39)43(42-27-14-12-25-40(38)42)34-30-29-32-17-9-10-18-33(32)31-34/h2-27,29-31H,1,28H2/b23-15-,35-16+. The van der Waals surface area contributed by atoms with Gasteiger partial charge in [-0.3, -0.25) is 0 Å². The first-order chi connectivity index (χ1) is 21.8.